The molecule has 2 N–H and O–H groups in total. The number of hydrogen-bond donors (Lipinski definition) is 2. The average Bonchev–Trinajstić information content (AvgIpc) is 3.13. The molecule has 0 aliphatic carbocycles. The van der Waals surface area contributed by atoms with Crippen molar-refractivity contribution in [3.63, 3.8) is 0 Å². The van der Waals surface area contributed by atoms with Crippen LogP contribution in [0, 0.1) is 5.82 Å². The van der Waals surface area contributed by atoms with E-state index in [1.54, 1.807) is 19.2 Å². The van der Waals surface area contributed by atoms with Gasteiger partial charge in [0.2, 0.25) is 0 Å². The van der Waals surface area contributed by atoms with Crippen molar-refractivity contribution in [1.29, 1.82) is 0 Å². The molecule has 0 spiro atoms. The predicted molar refractivity (Wildman–Crippen MR) is 116 cm³/mol. The van der Waals surface area contributed by atoms with Crippen LogP contribution in [0.5, 0.6) is 0 Å². The molecule has 0 saturated heterocycles. The summed E-state index contributed by atoms with van der Waals surface area (Å²) in [6, 6.07) is 6.91. The van der Waals surface area contributed by atoms with E-state index in [0.29, 0.717) is 13.2 Å². The normalized spacial score (nSPS) is 16.3. The molecule has 2 aromatic rings. The summed E-state index contributed by atoms with van der Waals surface area (Å²) >= 11 is 0. The summed E-state index contributed by atoms with van der Waals surface area (Å²) in [5.74, 6) is 2.35. The molecule has 0 fully saturated rings. The fourth-order valence-corrected chi connectivity index (χ4v) is 3.52. The van der Waals surface area contributed by atoms with Crippen LogP contribution in [-0.2, 0) is 24.3 Å². The molecule has 1 aliphatic rings. The maximum absolute atomic E-state index is 13.4. The zero-order valence-corrected chi connectivity index (χ0v) is 18.1. The zero-order valence-electron chi connectivity index (χ0n) is 18.1. The second kappa shape index (κ2) is 10.9. The number of aromatic nitrogens is 3. The van der Waals surface area contributed by atoms with Crippen LogP contribution in [0.25, 0.3) is 0 Å². The summed E-state index contributed by atoms with van der Waals surface area (Å²) in [5, 5.41) is 11.4. The van der Waals surface area contributed by atoms with Crippen molar-refractivity contribution < 1.29 is 9.13 Å². The lowest BCUT2D eigenvalue weighted by atomic mass is 10.1. The van der Waals surface area contributed by atoms with Crippen LogP contribution in [0.15, 0.2) is 29.3 Å². The van der Waals surface area contributed by atoms with E-state index in [1.807, 2.05) is 22.7 Å². The van der Waals surface area contributed by atoms with Crippen LogP contribution in [0.1, 0.15) is 31.4 Å². The largest absolute Gasteiger partial charge is 0.377 e. The Morgan fingerprint density at radius 1 is 1.43 bits per heavy atom. The van der Waals surface area contributed by atoms with Gasteiger partial charge < -0.3 is 20.3 Å². The van der Waals surface area contributed by atoms with Crippen molar-refractivity contribution >= 4 is 11.6 Å². The van der Waals surface area contributed by atoms with Crippen molar-refractivity contribution in [3.8, 4) is 0 Å². The lowest BCUT2D eigenvalue weighted by molar-refractivity contribution is 0.177. The Balaban J connectivity index is 1.49. The summed E-state index contributed by atoms with van der Waals surface area (Å²) in [7, 11) is 3.62. The first-order valence-corrected chi connectivity index (χ1v) is 10.5. The highest BCUT2D eigenvalue weighted by Gasteiger charge is 2.22. The van der Waals surface area contributed by atoms with Crippen LogP contribution in [0.3, 0.4) is 0 Å². The Labute approximate surface area is 177 Å². The number of halogens is 1. The van der Waals surface area contributed by atoms with Gasteiger partial charge in [0, 0.05) is 51.9 Å². The van der Waals surface area contributed by atoms with E-state index in [1.165, 1.54) is 6.07 Å². The van der Waals surface area contributed by atoms with Crippen LogP contribution < -0.4 is 15.5 Å². The Kier molecular flexibility index (Phi) is 8.01. The lowest BCUT2D eigenvalue weighted by Crippen LogP contribution is -2.47. The van der Waals surface area contributed by atoms with Crippen molar-refractivity contribution in [2.24, 2.45) is 4.99 Å². The first-order valence-electron chi connectivity index (χ1n) is 10.5. The molecule has 1 unspecified atom stereocenters. The van der Waals surface area contributed by atoms with Crippen LogP contribution in [0.4, 0.5) is 10.1 Å². The summed E-state index contributed by atoms with van der Waals surface area (Å²) in [5.41, 5.74) is 0.877. The van der Waals surface area contributed by atoms with Gasteiger partial charge >= 0.3 is 0 Å². The average molecular weight is 418 g/mol. The van der Waals surface area contributed by atoms with Gasteiger partial charge in [0.25, 0.3) is 0 Å². The predicted octanol–water partition coefficient (Wildman–Crippen LogP) is 1.96. The minimum Gasteiger partial charge on any atom is -0.377 e. The smallest absolute Gasteiger partial charge is 0.191 e. The number of rotatable bonds is 9. The van der Waals surface area contributed by atoms with E-state index in [4.69, 9.17) is 9.73 Å². The van der Waals surface area contributed by atoms with Gasteiger partial charge in [-0.1, -0.05) is 6.07 Å². The van der Waals surface area contributed by atoms with Gasteiger partial charge in [-0.15, -0.1) is 0 Å². The standard InChI is InChI=1S/C21H32FN7O/c1-4-23-21(24-11-6-12-28(2)18-8-5-7-16(22)13-18)25-17-9-10-20-26-19(15-30-3)27-29(20)14-17/h5,7-8,13,17H,4,6,9-12,14-15H2,1-3H3,(H2,23,24,25). The SMILES string of the molecule is CCNC(=NCCCN(C)c1cccc(F)c1)NC1CCc2nc(COC)nn2C1. The topological polar surface area (TPSA) is 79.6 Å². The molecule has 0 radical (unpaired) electrons. The number of hydrogen-bond acceptors (Lipinski definition) is 5. The molecule has 0 bridgehead atoms. The number of nitrogens with zero attached hydrogens (tertiary/aromatic N) is 5. The second-order valence-electron chi connectivity index (χ2n) is 7.45. The van der Waals surface area contributed by atoms with Gasteiger partial charge in [-0.3, -0.25) is 4.99 Å². The number of anilines is 1. The molecule has 0 saturated carbocycles. The summed E-state index contributed by atoms with van der Waals surface area (Å²) in [6.07, 6.45) is 2.74. The molecule has 1 aromatic carbocycles. The highest BCUT2D eigenvalue weighted by atomic mass is 19.1. The van der Waals surface area contributed by atoms with Gasteiger partial charge in [0.05, 0.1) is 6.54 Å². The molecular formula is C21H32FN7O. The summed E-state index contributed by atoms with van der Waals surface area (Å²) in [6.45, 7) is 5.55. The monoisotopic (exact) mass is 417 g/mol. The number of benzene rings is 1. The molecule has 8 nitrogen and oxygen atoms in total. The molecule has 2 heterocycles. The number of guanidine groups is 1. The molecule has 1 aliphatic heterocycles. The van der Waals surface area contributed by atoms with E-state index in [9.17, 15) is 4.39 Å². The van der Waals surface area contributed by atoms with Crippen molar-refractivity contribution in [1.82, 2.24) is 25.4 Å². The van der Waals surface area contributed by atoms with Crippen LogP contribution in [-0.4, -0.2) is 60.6 Å². The lowest BCUT2D eigenvalue weighted by Gasteiger charge is -2.25. The third kappa shape index (κ3) is 6.16. The van der Waals surface area contributed by atoms with Gasteiger partial charge in [-0.2, -0.15) is 5.10 Å². The van der Waals surface area contributed by atoms with E-state index in [-0.39, 0.29) is 11.9 Å². The number of nitrogens with one attached hydrogen (secondary N) is 2. The third-order valence-electron chi connectivity index (χ3n) is 5.03. The van der Waals surface area contributed by atoms with Gasteiger partial charge in [-0.25, -0.2) is 14.1 Å². The molecule has 9 heteroatoms. The van der Waals surface area contributed by atoms with Gasteiger partial charge in [-0.05, 0) is 38.0 Å². The molecule has 0 amide bonds. The summed E-state index contributed by atoms with van der Waals surface area (Å²) in [4.78, 5) is 11.3. The quantitative estimate of drug-likeness (QED) is 0.369. The summed E-state index contributed by atoms with van der Waals surface area (Å²) < 4.78 is 20.5. The van der Waals surface area contributed by atoms with E-state index >= 15 is 0 Å². The number of aliphatic imine (C=N–C) groups is 1. The highest BCUT2D eigenvalue weighted by Crippen LogP contribution is 2.15. The van der Waals surface area contributed by atoms with Crippen molar-refractivity contribution in [2.45, 2.75) is 45.4 Å². The molecule has 1 atom stereocenters. The fraction of sp³-hybridized carbons (Fsp3) is 0.571. The van der Waals surface area contributed by atoms with Crippen molar-refractivity contribution in [3.05, 3.63) is 41.7 Å². The maximum Gasteiger partial charge on any atom is 0.191 e. The Morgan fingerprint density at radius 3 is 3.07 bits per heavy atom. The molecule has 164 valence electrons. The first-order chi connectivity index (χ1) is 14.6. The molecular weight excluding hydrogens is 385 g/mol. The Bertz CT molecular complexity index is 839. The van der Waals surface area contributed by atoms with E-state index in [0.717, 1.165) is 62.2 Å². The minimum atomic E-state index is -0.214. The Hall–Kier alpha value is -2.68. The van der Waals surface area contributed by atoms with E-state index < -0.39 is 0 Å². The highest BCUT2D eigenvalue weighted by molar-refractivity contribution is 5.80. The van der Waals surface area contributed by atoms with Gasteiger partial charge in [0.1, 0.15) is 18.2 Å². The Morgan fingerprint density at radius 2 is 2.30 bits per heavy atom. The third-order valence-corrected chi connectivity index (χ3v) is 5.03. The van der Waals surface area contributed by atoms with Gasteiger partial charge in [0.15, 0.2) is 11.8 Å². The minimum absolute atomic E-state index is 0.214. The fourth-order valence-electron chi connectivity index (χ4n) is 3.52. The maximum atomic E-state index is 13.4. The molecule has 1 aromatic heterocycles. The molecule has 30 heavy (non-hydrogen) atoms. The number of methoxy groups -OCH3 is 1. The van der Waals surface area contributed by atoms with Crippen LogP contribution in [0.2, 0.25) is 0 Å². The van der Waals surface area contributed by atoms with Crippen molar-refractivity contribution in [2.75, 3.05) is 38.7 Å². The first kappa shape index (κ1) is 22.0. The van der Waals surface area contributed by atoms with Crippen LogP contribution >= 0.6 is 0 Å². The zero-order chi connectivity index (χ0) is 21.3. The number of aryl methyl sites for hydroxylation is 1. The second-order valence-corrected chi connectivity index (χ2v) is 7.45. The van der Waals surface area contributed by atoms with E-state index in [2.05, 4.69) is 27.6 Å². The number of fused-ring (bicyclic) bond motifs is 1. The molecule has 3 rings (SSSR count). The number of ether oxygens (including phenoxy) is 1.